The molecule has 1 fully saturated rings. The molecule has 2 rings (SSSR count). The molecule has 0 aliphatic heterocycles. The van der Waals surface area contributed by atoms with E-state index in [2.05, 4.69) is 17.6 Å². The molecule has 2 N–H and O–H groups in total. The van der Waals surface area contributed by atoms with Crippen LogP contribution in [0.5, 0.6) is 0 Å². The van der Waals surface area contributed by atoms with Gasteiger partial charge in [0.15, 0.2) is 0 Å². The van der Waals surface area contributed by atoms with Gasteiger partial charge in [0.2, 0.25) is 5.91 Å². The van der Waals surface area contributed by atoms with Crippen molar-refractivity contribution in [3.63, 3.8) is 0 Å². The molecule has 4 nitrogen and oxygen atoms in total. The first-order valence-corrected chi connectivity index (χ1v) is 7.79. The highest BCUT2D eigenvalue weighted by Gasteiger charge is 2.22. The number of benzene rings is 1. The maximum absolute atomic E-state index is 11.9. The summed E-state index contributed by atoms with van der Waals surface area (Å²) < 4.78 is 0. The van der Waals surface area contributed by atoms with E-state index in [0.717, 1.165) is 6.42 Å². The Morgan fingerprint density at radius 3 is 2.57 bits per heavy atom. The van der Waals surface area contributed by atoms with Crippen LogP contribution >= 0.6 is 0 Å². The Kier molecular flexibility index (Phi) is 5.78. The number of carbonyl (C=O) groups is 2. The molecule has 0 heterocycles. The van der Waals surface area contributed by atoms with Crippen molar-refractivity contribution in [2.45, 2.75) is 45.1 Å². The molecule has 114 valence electrons. The van der Waals surface area contributed by atoms with E-state index < -0.39 is 0 Å². The Labute approximate surface area is 126 Å². The van der Waals surface area contributed by atoms with Crippen molar-refractivity contribution in [3.05, 3.63) is 35.9 Å². The standard InChI is InChI=1S/C17H24N2O2/c1-13-7-5-6-10-15(13)19-16(20)11-12-18-17(21)14-8-3-2-4-9-14/h2-4,8-9,13,15H,5-7,10-12H2,1H3,(H,18,21)(H,19,20)/t13-,15+/m0/s1. The molecule has 1 aliphatic rings. The van der Waals surface area contributed by atoms with Gasteiger partial charge in [-0.2, -0.15) is 0 Å². The lowest BCUT2D eigenvalue weighted by Gasteiger charge is -2.29. The van der Waals surface area contributed by atoms with Gasteiger partial charge in [-0.3, -0.25) is 9.59 Å². The SMILES string of the molecule is C[C@H]1CCCC[C@H]1NC(=O)CCNC(=O)c1ccccc1. The average molecular weight is 288 g/mol. The molecule has 0 aromatic heterocycles. The van der Waals surface area contributed by atoms with Gasteiger partial charge in [-0.15, -0.1) is 0 Å². The number of rotatable bonds is 5. The summed E-state index contributed by atoms with van der Waals surface area (Å²) in [6, 6.07) is 9.35. The summed E-state index contributed by atoms with van der Waals surface area (Å²) in [5, 5.41) is 5.87. The fourth-order valence-electron chi connectivity index (χ4n) is 2.79. The largest absolute Gasteiger partial charge is 0.353 e. The molecule has 0 saturated heterocycles. The molecule has 1 aliphatic carbocycles. The van der Waals surface area contributed by atoms with E-state index in [1.165, 1.54) is 19.3 Å². The number of hydrogen-bond donors (Lipinski definition) is 2. The van der Waals surface area contributed by atoms with Crippen LogP contribution in [0.15, 0.2) is 30.3 Å². The van der Waals surface area contributed by atoms with Crippen molar-refractivity contribution in [2.75, 3.05) is 6.54 Å². The van der Waals surface area contributed by atoms with E-state index in [9.17, 15) is 9.59 Å². The highest BCUT2D eigenvalue weighted by molar-refractivity contribution is 5.94. The van der Waals surface area contributed by atoms with E-state index in [-0.39, 0.29) is 11.8 Å². The van der Waals surface area contributed by atoms with Gasteiger partial charge in [-0.05, 0) is 30.9 Å². The van der Waals surface area contributed by atoms with Crippen LogP contribution in [0.3, 0.4) is 0 Å². The molecule has 0 unspecified atom stereocenters. The van der Waals surface area contributed by atoms with E-state index in [4.69, 9.17) is 0 Å². The number of nitrogens with one attached hydrogen (secondary N) is 2. The summed E-state index contributed by atoms with van der Waals surface area (Å²) in [5.74, 6) is 0.457. The number of amides is 2. The maximum Gasteiger partial charge on any atom is 0.251 e. The van der Waals surface area contributed by atoms with E-state index in [1.807, 2.05) is 18.2 Å². The predicted molar refractivity (Wildman–Crippen MR) is 83.0 cm³/mol. The highest BCUT2D eigenvalue weighted by atomic mass is 16.2. The smallest absolute Gasteiger partial charge is 0.251 e. The minimum absolute atomic E-state index is 0.0297. The van der Waals surface area contributed by atoms with Crippen LogP contribution in [0, 0.1) is 5.92 Å². The van der Waals surface area contributed by atoms with Crippen LogP contribution in [0.2, 0.25) is 0 Å². The van der Waals surface area contributed by atoms with Crippen molar-refractivity contribution in [2.24, 2.45) is 5.92 Å². The van der Waals surface area contributed by atoms with Crippen molar-refractivity contribution in [1.82, 2.24) is 10.6 Å². The average Bonchev–Trinajstić information content (AvgIpc) is 2.50. The molecule has 1 aromatic rings. The molecule has 4 heteroatoms. The normalized spacial score (nSPS) is 21.6. The first-order chi connectivity index (χ1) is 10.2. The molecule has 1 aromatic carbocycles. The lowest BCUT2D eigenvalue weighted by molar-refractivity contribution is -0.122. The second-order valence-electron chi connectivity index (χ2n) is 5.81. The molecule has 21 heavy (non-hydrogen) atoms. The maximum atomic E-state index is 11.9. The molecule has 0 bridgehead atoms. The summed E-state index contributed by atoms with van der Waals surface area (Å²) in [6.45, 7) is 2.57. The summed E-state index contributed by atoms with van der Waals surface area (Å²) in [5.41, 5.74) is 0.624. The topological polar surface area (TPSA) is 58.2 Å². The van der Waals surface area contributed by atoms with Gasteiger partial charge in [-0.1, -0.05) is 38.0 Å². The Morgan fingerprint density at radius 2 is 1.86 bits per heavy atom. The minimum Gasteiger partial charge on any atom is -0.353 e. The molecule has 1 saturated carbocycles. The highest BCUT2D eigenvalue weighted by Crippen LogP contribution is 2.23. The Hall–Kier alpha value is -1.84. The van der Waals surface area contributed by atoms with Crippen LogP contribution in [0.25, 0.3) is 0 Å². The van der Waals surface area contributed by atoms with Crippen molar-refractivity contribution >= 4 is 11.8 Å². The third kappa shape index (κ3) is 4.88. The Balaban J connectivity index is 1.68. The van der Waals surface area contributed by atoms with E-state index in [1.54, 1.807) is 12.1 Å². The van der Waals surface area contributed by atoms with Crippen molar-refractivity contribution < 1.29 is 9.59 Å². The fraction of sp³-hybridized carbons (Fsp3) is 0.529. The molecule has 0 spiro atoms. The van der Waals surface area contributed by atoms with Crippen LogP contribution in [-0.2, 0) is 4.79 Å². The second kappa shape index (κ2) is 7.81. The second-order valence-corrected chi connectivity index (χ2v) is 5.81. The third-order valence-corrected chi connectivity index (χ3v) is 4.13. The van der Waals surface area contributed by atoms with E-state index >= 15 is 0 Å². The van der Waals surface area contributed by atoms with Gasteiger partial charge in [0.1, 0.15) is 0 Å². The lowest BCUT2D eigenvalue weighted by Crippen LogP contribution is -2.42. The first kappa shape index (κ1) is 15.5. The zero-order valence-electron chi connectivity index (χ0n) is 12.6. The van der Waals surface area contributed by atoms with Crippen LogP contribution in [0.1, 0.15) is 49.4 Å². The van der Waals surface area contributed by atoms with Crippen LogP contribution < -0.4 is 10.6 Å². The van der Waals surface area contributed by atoms with Crippen LogP contribution in [0.4, 0.5) is 0 Å². The van der Waals surface area contributed by atoms with Gasteiger partial charge in [0, 0.05) is 24.6 Å². The fourth-order valence-corrected chi connectivity index (χ4v) is 2.79. The zero-order valence-corrected chi connectivity index (χ0v) is 12.6. The third-order valence-electron chi connectivity index (χ3n) is 4.13. The molecular formula is C17H24N2O2. The van der Waals surface area contributed by atoms with Gasteiger partial charge in [0.25, 0.3) is 5.91 Å². The van der Waals surface area contributed by atoms with Gasteiger partial charge in [-0.25, -0.2) is 0 Å². The monoisotopic (exact) mass is 288 g/mol. The number of hydrogen-bond acceptors (Lipinski definition) is 2. The summed E-state index contributed by atoms with van der Waals surface area (Å²) in [4.78, 5) is 23.7. The summed E-state index contributed by atoms with van der Waals surface area (Å²) >= 11 is 0. The molecule has 2 amide bonds. The molecule has 0 radical (unpaired) electrons. The van der Waals surface area contributed by atoms with Gasteiger partial charge in [0.05, 0.1) is 0 Å². The molecule has 2 atom stereocenters. The van der Waals surface area contributed by atoms with Gasteiger partial charge >= 0.3 is 0 Å². The van der Waals surface area contributed by atoms with Crippen molar-refractivity contribution in [1.29, 1.82) is 0 Å². The minimum atomic E-state index is -0.130. The summed E-state index contributed by atoms with van der Waals surface area (Å²) in [6.07, 6.45) is 5.06. The predicted octanol–water partition coefficient (Wildman–Crippen LogP) is 2.50. The van der Waals surface area contributed by atoms with E-state index in [0.29, 0.717) is 30.5 Å². The zero-order chi connectivity index (χ0) is 15.1. The van der Waals surface area contributed by atoms with Crippen molar-refractivity contribution in [3.8, 4) is 0 Å². The van der Waals surface area contributed by atoms with Gasteiger partial charge < -0.3 is 10.6 Å². The number of carbonyl (C=O) groups excluding carboxylic acids is 2. The quantitative estimate of drug-likeness (QED) is 0.874. The molecular weight excluding hydrogens is 264 g/mol. The summed E-state index contributed by atoms with van der Waals surface area (Å²) in [7, 11) is 0. The van der Waals surface area contributed by atoms with Crippen LogP contribution in [-0.4, -0.2) is 24.4 Å². The Morgan fingerprint density at radius 1 is 1.14 bits per heavy atom. The Bertz CT molecular complexity index is 473. The lowest BCUT2D eigenvalue weighted by atomic mass is 9.86. The first-order valence-electron chi connectivity index (χ1n) is 7.79.